The SMILES string of the molecule is CC1(C2CCNCC2)CN(C2CCCC2)C(=O)CO1. The summed E-state index contributed by atoms with van der Waals surface area (Å²) in [5, 5.41) is 3.41. The Hall–Kier alpha value is -0.610. The van der Waals surface area contributed by atoms with Crippen molar-refractivity contribution in [1.29, 1.82) is 0 Å². The number of nitrogens with one attached hydrogen (secondary N) is 1. The van der Waals surface area contributed by atoms with E-state index in [1.807, 2.05) is 0 Å². The van der Waals surface area contributed by atoms with Crippen molar-refractivity contribution in [3.05, 3.63) is 0 Å². The maximum atomic E-state index is 12.1. The molecule has 2 heterocycles. The summed E-state index contributed by atoms with van der Waals surface area (Å²) in [6.07, 6.45) is 7.27. The lowest BCUT2D eigenvalue weighted by Gasteiger charge is -2.47. The second kappa shape index (κ2) is 5.41. The van der Waals surface area contributed by atoms with Crippen molar-refractivity contribution < 1.29 is 9.53 Å². The van der Waals surface area contributed by atoms with Crippen LogP contribution in [0.4, 0.5) is 0 Å². The van der Waals surface area contributed by atoms with Crippen molar-refractivity contribution in [3.63, 3.8) is 0 Å². The molecule has 0 bridgehead atoms. The molecule has 1 aliphatic carbocycles. The van der Waals surface area contributed by atoms with Gasteiger partial charge in [-0.15, -0.1) is 0 Å². The van der Waals surface area contributed by atoms with Crippen LogP contribution in [0.15, 0.2) is 0 Å². The standard InChI is InChI=1S/C15H26N2O2/c1-15(12-6-8-16-9-7-12)11-17(14(18)10-19-15)13-4-2-3-5-13/h12-13,16H,2-11H2,1H3. The van der Waals surface area contributed by atoms with Crippen LogP contribution in [0.25, 0.3) is 0 Å². The highest BCUT2D eigenvalue weighted by molar-refractivity contribution is 5.78. The van der Waals surface area contributed by atoms with Crippen LogP contribution in [0, 0.1) is 5.92 Å². The fourth-order valence-corrected chi connectivity index (χ4v) is 4.01. The molecule has 0 radical (unpaired) electrons. The minimum Gasteiger partial charge on any atom is -0.363 e. The fourth-order valence-electron chi connectivity index (χ4n) is 4.01. The van der Waals surface area contributed by atoms with Gasteiger partial charge in [0.1, 0.15) is 6.61 Å². The highest BCUT2D eigenvalue weighted by Crippen LogP contribution is 2.35. The van der Waals surface area contributed by atoms with E-state index in [-0.39, 0.29) is 18.1 Å². The van der Waals surface area contributed by atoms with Crippen LogP contribution in [0.2, 0.25) is 0 Å². The lowest BCUT2D eigenvalue weighted by Crippen LogP contribution is -2.59. The van der Waals surface area contributed by atoms with Gasteiger partial charge in [-0.3, -0.25) is 4.79 Å². The molecule has 108 valence electrons. The number of rotatable bonds is 2. The van der Waals surface area contributed by atoms with Gasteiger partial charge in [-0.2, -0.15) is 0 Å². The maximum Gasteiger partial charge on any atom is 0.248 e. The van der Waals surface area contributed by atoms with Gasteiger partial charge in [-0.1, -0.05) is 12.8 Å². The number of carbonyl (C=O) groups excluding carboxylic acids is 1. The third-order valence-electron chi connectivity index (χ3n) is 5.30. The number of hydrogen-bond acceptors (Lipinski definition) is 3. The summed E-state index contributed by atoms with van der Waals surface area (Å²) in [6.45, 7) is 5.48. The Labute approximate surface area is 115 Å². The Balaban J connectivity index is 1.70. The average molecular weight is 266 g/mol. The zero-order chi connectivity index (χ0) is 13.3. The number of piperidine rings is 1. The molecule has 2 saturated heterocycles. The lowest BCUT2D eigenvalue weighted by molar-refractivity contribution is -0.175. The van der Waals surface area contributed by atoms with Crippen molar-refractivity contribution in [1.82, 2.24) is 10.2 Å². The summed E-state index contributed by atoms with van der Waals surface area (Å²) >= 11 is 0. The van der Waals surface area contributed by atoms with E-state index in [1.54, 1.807) is 0 Å². The third-order valence-corrected chi connectivity index (χ3v) is 5.30. The zero-order valence-electron chi connectivity index (χ0n) is 12.0. The molecule has 0 aromatic carbocycles. The van der Waals surface area contributed by atoms with Crippen LogP contribution in [-0.2, 0) is 9.53 Å². The van der Waals surface area contributed by atoms with Gasteiger partial charge in [0.2, 0.25) is 5.91 Å². The minimum atomic E-state index is -0.126. The quantitative estimate of drug-likeness (QED) is 0.824. The second-order valence-electron chi connectivity index (χ2n) is 6.59. The molecule has 0 aromatic heterocycles. The minimum absolute atomic E-state index is 0.126. The fraction of sp³-hybridized carbons (Fsp3) is 0.933. The number of hydrogen-bond donors (Lipinski definition) is 1. The summed E-state index contributed by atoms with van der Waals surface area (Å²) < 4.78 is 5.99. The molecule has 1 saturated carbocycles. The van der Waals surface area contributed by atoms with E-state index in [9.17, 15) is 4.79 Å². The smallest absolute Gasteiger partial charge is 0.248 e. The van der Waals surface area contributed by atoms with Gasteiger partial charge in [0, 0.05) is 6.04 Å². The summed E-state index contributed by atoms with van der Waals surface area (Å²) in [5.74, 6) is 0.795. The van der Waals surface area contributed by atoms with Crippen molar-refractivity contribution in [2.24, 2.45) is 5.92 Å². The Morgan fingerprint density at radius 3 is 2.58 bits per heavy atom. The van der Waals surface area contributed by atoms with Crippen molar-refractivity contribution >= 4 is 5.91 Å². The molecule has 0 aromatic rings. The first kappa shape index (κ1) is 13.4. The molecule has 1 unspecified atom stereocenters. The van der Waals surface area contributed by atoms with E-state index in [1.165, 1.54) is 38.5 Å². The van der Waals surface area contributed by atoms with E-state index < -0.39 is 0 Å². The largest absolute Gasteiger partial charge is 0.363 e. The summed E-state index contributed by atoms with van der Waals surface area (Å²) in [4.78, 5) is 14.3. The van der Waals surface area contributed by atoms with Gasteiger partial charge in [0.05, 0.1) is 12.1 Å². The molecule has 3 fully saturated rings. The first-order chi connectivity index (χ1) is 9.19. The van der Waals surface area contributed by atoms with Gasteiger partial charge in [-0.25, -0.2) is 0 Å². The number of amides is 1. The molecule has 4 nitrogen and oxygen atoms in total. The van der Waals surface area contributed by atoms with Crippen LogP contribution in [-0.4, -0.2) is 48.7 Å². The molecule has 3 aliphatic rings. The van der Waals surface area contributed by atoms with E-state index >= 15 is 0 Å². The van der Waals surface area contributed by atoms with Crippen LogP contribution >= 0.6 is 0 Å². The molecule has 1 N–H and O–H groups in total. The summed E-state index contributed by atoms with van der Waals surface area (Å²) in [5.41, 5.74) is -0.126. The molecular formula is C15H26N2O2. The van der Waals surface area contributed by atoms with Gasteiger partial charge in [0.25, 0.3) is 0 Å². The van der Waals surface area contributed by atoms with E-state index in [0.717, 1.165) is 19.6 Å². The number of carbonyl (C=O) groups is 1. The van der Waals surface area contributed by atoms with Gasteiger partial charge in [-0.05, 0) is 51.6 Å². The van der Waals surface area contributed by atoms with E-state index in [4.69, 9.17) is 4.74 Å². The molecule has 3 rings (SSSR count). The Kier molecular flexibility index (Phi) is 3.81. The van der Waals surface area contributed by atoms with Gasteiger partial charge >= 0.3 is 0 Å². The molecular weight excluding hydrogens is 240 g/mol. The van der Waals surface area contributed by atoms with E-state index in [0.29, 0.717) is 12.0 Å². The van der Waals surface area contributed by atoms with Crippen molar-refractivity contribution in [2.75, 3.05) is 26.2 Å². The number of ether oxygens (including phenoxy) is 1. The predicted molar refractivity (Wildman–Crippen MR) is 73.9 cm³/mol. The second-order valence-corrected chi connectivity index (χ2v) is 6.59. The maximum absolute atomic E-state index is 12.1. The summed E-state index contributed by atoms with van der Waals surface area (Å²) in [6, 6.07) is 0.484. The molecule has 19 heavy (non-hydrogen) atoms. The molecule has 1 amide bonds. The Bertz CT molecular complexity index is 335. The molecule has 1 atom stereocenters. The first-order valence-electron chi connectivity index (χ1n) is 7.83. The zero-order valence-corrected chi connectivity index (χ0v) is 12.0. The molecule has 2 aliphatic heterocycles. The molecule has 4 heteroatoms. The average Bonchev–Trinajstić information content (AvgIpc) is 2.97. The third kappa shape index (κ3) is 2.65. The number of morpholine rings is 1. The van der Waals surface area contributed by atoms with Crippen LogP contribution in [0.5, 0.6) is 0 Å². The summed E-state index contributed by atoms with van der Waals surface area (Å²) in [7, 11) is 0. The van der Waals surface area contributed by atoms with E-state index in [2.05, 4.69) is 17.1 Å². The van der Waals surface area contributed by atoms with Gasteiger partial charge < -0.3 is 15.0 Å². The van der Waals surface area contributed by atoms with Gasteiger partial charge in [0.15, 0.2) is 0 Å². The van der Waals surface area contributed by atoms with Crippen LogP contribution < -0.4 is 5.32 Å². The Morgan fingerprint density at radius 1 is 1.21 bits per heavy atom. The van der Waals surface area contributed by atoms with Crippen LogP contribution in [0.3, 0.4) is 0 Å². The lowest BCUT2D eigenvalue weighted by atomic mass is 9.80. The van der Waals surface area contributed by atoms with Crippen molar-refractivity contribution in [3.8, 4) is 0 Å². The highest BCUT2D eigenvalue weighted by atomic mass is 16.5. The Morgan fingerprint density at radius 2 is 1.89 bits per heavy atom. The first-order valence-corrected chi connectivity index (χ1v) is 7.83. The normalized spacial score (nSPS) is 35.0. The topological polar surface area (TPSA) is 41.6 Å². The monoisotopic (exact) mass is 266 g/mol. The predicted octanol–water partition coefficient (Wildman–Crippen LogP) is 1.55. The highest BCUT2D eigenvalue weighted by Gasteiger charge is 2.44. The molecule has 0 spiro atoms. The van der Waals surface area contributed by atoms with Crippen molar-refractivity contribution in [2.45, 2.75) is 57.1 Å². The van der Waals surface area contributed by atoms with Crippen LogP contribution in [0.1, 0.15) is 45.4 Å². The number of nitrogens with zero attached hydrogens (tertiary/aromatic N) is 1.